The van der Waals surface area contributed by atoms with Crippen LogP contribution in [0.2, 0.25) is 0 Å². The van der Waals surface area contributed by atoms with Gasteiger partial charge in [-0.3, -0.25) is 10.1 Å². The Morgan fingerprint density at radius 2 is 1.69 bits per heavy atom. The lowest BCUT2D eigenvalue weighted by Crippen LogP contribution is -2.34. The number of non-ortho nitro benzene ring substituents is 1. The predicted octanol–water partition coefficient (Wildman–Crippen LogP) is 1.54. The van der Waals surface area contributed by atoms with Gasteiger partial charge < -0.3 is 25.0 Å². The van der Waals surface area contributed by atoms with Gasteiger partial charge in [0, 0.05) is 25.2 Å². The number of nitriles is 1. The van der Waals surface area contributed by atoms with Crippen LogP contribution in [0.5, 0.6) is 5.75 Å². The van der Waals surface area contributed by atoms with Crippen LogP contribution in [0.4, 0.5) is 5.69 Å². The third-order valence-electron chi connectivity index (χ3n) is 4.06. The number of aliphatic hydroxyl groups is 1. The molecule has 0 saturated heterocycles. The van der Waals surface area contributed by atoms with E-state index in [2.05, 4.69) is 0 Å². The minimum Gasteiger partial charge on any atom is -0.491 e. The Morgan fingerprint density at radius 1 is 1.12 bits per heavy atom. The van der Waals surface area contributed by atoms with Crippen LogP contribution in [0.1, 0.15) is 11.1 Å². The van der Waals surface area contributed by atoms with E-state index in [0.29, 0.717) is 24.4 Å². The van der Waals surface area contributed by atoms with Gasteiger partial charge in [0.15, 0.2) is 0 Å². The summed E-state index contributed by atoms with van der Waals surface area (Å²) in [6, 6.07) is 15.2. The van der Waals surface area contributed by atoms with E-state index >= 15 is 0 Å². The van der Waals surface area contributed by atoms with Gasteiger partial charge >= 0.3 is 11.9 Å². The Labute approximate surface area is 183 Å². The van der Waals surface area contributed by atoms with Crippen LogP contribution in [-0.2, 0) is 16.0 Å². The average molecular weight is 445 g/mol. The maximum absolute atomic E-state index is 10.6. The van der Waals surface area contributed by atoms with Crippen LogP contribution in [-0.4, -0.2) is 69.9 Å². The zero-order valence-corrected chi connectivity index (χ0v) is 17.2. The van der Waals surface area contributed by atoms with Crippen molar-refractivity contribution in [2.24, 2.45) is 0 Å². The molecule has 0 aliphatic rings. The lowest BCUT2D eigenvalue weighted by atomic mass is 10.1. The van der Waals surface area contributed by atoms with Crippen LogP contribution < -0.4 is 4.74 Å². The van der Waals surface area contributed by atoms with Gasteiger partial charge in [0.25, 0.3) is 5.69 Å². The van der Waals surface area contributed by atoms with E-state index in [-0.39, 0.29) is 12.3 Å². The summed E-state index contributed by atoms with van der Waals surface area (Å²) in [6.45, 7) is 1.32. The van der Waals surface area contributed by atoms with Crippen LogP contribution in [0.15, 0.2) is 48.5 Å². The molecular weight excluding hydrogens is 422 g/mol. The molecule has 0 spiro atoms. The highest BCUT2D eigenvalue weighted by Crippen LogP contribution is 2.13. The second-order valence-corrected chi connectivity index (χ2v) is 6.65. The Kier molecular flexibility index (Phi) is 10.8. The molecule has 0 radical (unpaired) electrons. The van der Waals surface area contributed by atoms with Crippen LogP contribution in [0.25, 0.3) is 0 Å². The molecule has 0 aliphatic heterocycles. The van der Waals surface area contributed by atoms with Crippen molar-refractivity contribution in [2.45, 2.75) is 12.5 Å². The van der Waals surface area contributed by atoms with Crippen molar-refractivity contribution in [1.29, 1.82) is 5.26 Å². The summed E-state index contributed by atoms with van der Waals surface area (Å²) in [6.07, 6.45) is 0.0880. The van der Waals surface area contributed by atoms with Crippen molar-refractivity contribution in [3.05, 3.63) is 69.8 Å². The second kappa shape index (κ2) is 13.3. The van der Waals surface area contributed by atoms with Gasteiger partial charge in [-0.1, -0.05) is 12.1 Å². The first-order valence-electron chi connectivity index (χ1n) is 9.31. The number of carboxylic acids is 2. The van der Waals surface area contributed by atoms with Crippen molar-refractivity contribution in [3.8, 4) is 11.8 Å². The molecule has 2 aromatic rings. The first kappa shape index (κ1) is 26.0. The van der Waals surface area contributed by atoms with Crippen molar-refractivity contribution in [3.63, 3.8) is 0 Å². The van der Waals surface area contributed by atoms with Crippen molar-refractivity contribution in [2.75, 3.05) is 26.7 Å². The van der Waals surface area contributed by atoms with E-state index in [0.717, 1.165) is 12.0 Å². The number of aliphatic hydroxyl groups excluding tert-OH is 1. The number of hydrogen-bond donors (Lipinski definition) is 3. The van der Waals surface area contributed by atoms with Gasteiger partial charge in [0.1, 0.15) is 18.5 Å². The molecule has 0 saturated carbocycles. The van der Waals surface area contributed by atoms with Gasteiger partial charge in [-0.15, -0.1) is 0 Å². The quantitative estimate of drug-likeness (QED) is 0.292. The number of nitro groups is 1. The number of nitro benzene ring substituents is 1. The largest absolute Gasteiger partial charge is 0.491 e. The Hall–Kier alpha value is -4.01. The number of nitrogens with zero attached hydrogens (tertiary/aromatic N) is 3. The van der Waals surface area contributed by atoms with E-state index in [1.54, 1.807) is 36.4 Å². The molecule has 0 bridgehead atoms. The molecule has 0 amide bonds. The van der Waals surface area contributed by atoms with Gasteiger partial charge in [0.2, 0.25) is 0 Å². The van der Waals surface area contributed by atoms with Crippen LogP contribution >= 0.6 is 0 Å². The molecule has 2 rings (SSSR count). The number of rotatable bonds is 9. The monoisotopic (exact) mass is 445 g/mol. The van der Waals surface area contributed by atoms with E-state index in [4.69, 9.17) is 29.8 Å². The molecule has 3 N–H and O–H groups in total. The molecule has 1 atom stereocenters. The molecule has 32 heavy (non-hydrogen) atoms. The maximum Gasteiger partial charge on any atom is 0.414 e. The number of aliphatic carboxylic acids is 2. The van der Waals surface area contributed by atoms with Crippen LogP contribution in [0.3, 0.4) is 0 Å². The smallest absolute Gasteiger partial charge is 0.414 e. The third kappa shape index (κ3) is 10.1. The zero-order valence-electron chi connectivity index (χ0n) is 17.2. The molecule has 170 valence electrons. The van der Waals surface area contributed by atoms with Gasteiger partial charge in [-0.25, -0.2) is 9.59 Å². The summed E-state index contributed by atoms with van der Waals surface area (Å²) >= 11 is 0. The number of likely N-dealkylation sites (N-methyl/N-ethyl adjacent to an activating group) is 1. The highest BCUT2D eigenvalue weighted by Gasteiger charge is 2.10. The summed E-state index contributed by atoms with van der Waals surface area (Å²) in [4.78, 5) is 30.4. The lowest BCUT2D eigenvalue weighted by Gasteiger charge is -2.20. The van der Waals surface area contributed by atoms with Gasteiger partial charge in [0.05, 0.1) is 16.6 Å². The second-order valence-electron chi connectivity index (χ2n) is 6.65. The molecule has 0 aliphatic carbocycles. The summed E-state index contributed by atoms with van der Waals surface area (Å²) in [5.41, 5.74) is 1.65. The SMILES string of the molecule is CN(CCc1ccc([N+](=O)[O-])cc1)CC(O)COc1ccc(C#N)cc1.O=C(O)C(=O)O. The highest BCUT2D eigenvalue weighted by molar-refractivity contribution is 6.27. The Balaban J connectivity index is 0.000000751. The van der Waals surface area contributed by atoms with Crippen molar-refractivity contribution in [1.82, 2.24) is 4.90 Å². The summed E-state index contributed by atoms with van der Waals surface area (Å²) in [7, 11) is 1.90. The predicted molar refractivity (Wildman–Crippen MR) is 112 cm³/mol. The number of hydrogen-bond acceptors (Lipinski definition) is 8. The highest BCUT2D eigenvalue weighted by atomic mass is 16.6. The Morgan fingerprint density at radius 3 is 2.16 bits per heavy atom. The van der Waals surface area contributed by atoms with Gasteiger partial charge in [-0.05, 0) is 43.3 Å². The number of carbonyl (C=O) groups is 2. The maximum atomic E-state index is 10.6. The molecular formula is C21H23N3O8. The number of ether oxygens (including phenoxy) is 1. The summed E-state index contributed by atoms with van der Waals surface area (Å²) in [5.74, 6) is -3.04. The molecule has 2 aromatic carbocycles. The third-order valence-corrected chi connectivity index (χ3v) is 4.06. The van der Waals surface area contributed by atoms with E-state index in [1.807, 2.05) is 18.0 Å². The summed E-state index contributed by atoms with van der Waals surface area (Å²) in [5, 5.41) is 44.3. The fourth-order valence-electron chi connectivity index (χ4n) is 2.43. The van der Waals surface area contributed by atoms with E-state index in [9.17, 15) is 15.2 Å². The lowest BCUT2D eigenvalue weighted by molar-refractivity contribution is -0.384. The first-order valence-corrected chi connectivity index (χ1v) is 9.31. The van der Waals surface area contributed by atoms with Gasteiger partial charge in [-0.2, -0.15) is 5.26 Å². The molecule has 11 nitrogen and oxygen atoms in total. The number of benzene rings is 2. The Bertz CT molecular complexity index is 927. The standard InChI is InChI=1S/C19H21N3O4.C2H2O4/c1-21(11-10-15-2-6-17(7-3-15)22(24)25)13-18(23)14-26-19-8-4-16(12-20)5-9-19;3-1(4)2(5)6/h2-9,18,23H,10-11,13-14H2,1H3;(H,3,4)(H,5,6). The molecule has 0 fully saturated rings. The van der Waals surface area contributed by atoms with Crippen molar-refractivity contribution >= 4 is 17.6 Å². The zero-order chi connectivity index (χ0) is 24.1. The first-order chi connectivity index (χ1) is 15.1. The van der Waals surface area contributed by atoms with E-state index in [1.165, 1.54) is 12.1 Å². The minimum atomic E-state index is -1.82. The minimum absolute atomic E-state index is 0.0810. The molecule has 11 heteroatoms. The normalized spacial score (nSPS) is 10.9. The van der Waals surface area contributed by atoms with Crippen molar-refractivity contribution < 1.29 is 34.6 Å². The van der Waals surface area contributed by atoms with E-state index < -0.39 is 23.0 Å². The number of carboxylic acid groups (broad SMARTS) is 2. The fraction of sp³-hybridized carbons (Fsp3) is 0.286. The molecule has 1 unspecified atom stereocenters. The molecule has 0 aromatic heterocycles. The average Bonchev–Trinajstić information content (AvgIpc) is 2.77. The topological polar surface area (TPSA) is 174 Å². The van der Waals surface area contributed by atoms with Crippen LogP contribution in [0, 0.1) is 21.4 Å². The fourth-order valence-corrected chi connectivity index (χ4v) is 2.43. The molecule has 0 heterocycles. The summed E-state index contributed by atoms with van der Waals surface area (Å²) < 4.78 is 5.52.